The standard InChI is InChI=1S/C16H19N5O2/c22-9-13-4-5-15(7-13)20-16(23)19-14-3-1-2-12(6-14)8-21-11-17-10-18-21/h1-6,10-11,13,15,22H,7-9H2,(H2,19,20,23)/t13-,15+/m0/s1. The van der Waals surface area contributed by atoms with E-state index in [-0.39, 0.29) is 24.6 Å². The first-order chi connectivity index (χ1) is 11.2. The van der Waals surface area contributed by atoms with Crippen molar-refractivity contribution in [2.75, 3.05) is 11.9 Å². The monoisotopic (exact) mass is 313 g/mol. The first kappa shape index (κ1) is 15.2. The second-order valence-corrected chi connectivity index (χ2v) is 5.56. The van der Waals surface area contributed by atoms with Gasteiger partial charge in [-0.2, -0.15) is 5.10 Å². The number of amides is 2. The Labute approximate surface area is 134 Å². The lowest BCUT2D eigenvalue weighted by Gasteiger charge is -2.14. The molecule has 7 nitrogen and oxygen atoms in total. The van der Waals surface area contributed by atoms with Gasteiger partial charge in [0.05, 0.1) is 6.54 Å². The normalized spacial score (nSPS) is 19.7. The maximum atomic E-state index is 12.0. The van der Waals surface area contributed by atoms with Gasteiger partial charge in [-0.15, -0.1) is 0 Å². The summed E-state index contributed by atoms with van der Waals surface area (Å²) >= 11 is 0. The molecule has 2 atom stereocenters. The van der Waals surface area contributed by atoms with Crippen LogP contribution in [0.2, 0.25) is 0 Å². The lowest BCUT2D eigenvalue weighted by atomic mass is 10.1. The SMILES string of the molecule is O=C(Nc1cccc(Cn2cncn2)c1)N[C@@H]1C=C[C@H](CO)C1. The van der Waals surface area contributed by atoms with Gasteiger partial charge < -0.3 is 15.7 Å². The Morgan fingerprint density at radius 3 is 3.04 bits per heavy atom. The molecule has 0 unspecified atom stereocenters. The molecule has 0 bridgehead atoms. The van der Waals surface area contributed by atoms with Crippen LogP contribution in [-0.2, 0) is 6.54 Å². The summed E-state index contributed by atoms with van der Waals surface area (Å²) in [5, 5.41) is 18.9. The molecular weight excluding hydrogens is 294 g/mol. The van der Waals surface area contributed by atoms with E-state index >= 15 is 0 Å². The largest absolute Gasteiger partial charge is 0.396 e. The summed E-state index contributed by atoms with van der Waals surface area (Å²) in [6.07, 6.45) is 7.72. The van der Waals surface area contributed by atoms with E-state index in [1.54, 1.807) is 11.0 Å². The Kier molecular flexibility index (Phi) is 4.68. The topological polar surface area (TPSA) is 92.1 Å². The highest BCUT2D eigenvalue weighted by atomic mass is 16.3. The highest BCUT2D eigenvalue weighted by Crippen LogP contribution is 2.17. The van der Waals surface area contributed by atoms with E-state index in [9.17, 15) is 4.79 Å². The number of aliphatic hydroxyl groups excluding tert-OH is 1. The van der Waals surface area contributed by atoms with E-state index in [0.29, 0.717) is 6.54 Å². The van der Waals surface area contributed by atoms with E-state index in [2.05, 4.69) is 20.7 Å². The molecule has 3 rings (SSSR count). The van der Waals surface area contributed by atoms with Crippen LogP contribution < -0.4 is 10.6 Å². The molecule has 0 spiro atoms. The molecule has 1 aromatic carbocycles. The Morgan fingerprint density at radius 2 is 2.30 bits per heavy atom. The summed E-state index contributed by atoms with van der Waals surface area (Å²) in [7, 11) is 0. The van der Waals surface area contributed by atoms with Gasteiger partial charge in [-0.3, -0.25) is 0 Å². The first-order valence-electron chi connectivity index (χ1n) is 7.51. The quantitative estimate of drug-likeness (QED) is 0.727. The van der Waals surface area contributed by atoms with Crippen molar-refractivity contribution in [3.05, 3.63) is 54.6 Å². The lowest BCUT2D eigenvalue weighted by molar-refractivity contribution is 0.238. The number of carbonyl (C=O) groups is 1. The molecule has 0 saturated heterocycles. The molecule has 2 amide bonds. The molecular formula is C16H19N5O2. The molecule has 120 valence electrons. The highest BCUT2D eigenvalue weighted by molar-refractivity contribution is 5.89. The number of benzene rings is 1. The minimum Gasteiger partial charge on any atom is -0.396 e. The maximum Gasteiger partial charge on any atom is 0.319 e. The number of anilines is 1. The fourth-order valence-electron chi connectivity index (χ4n) is 2.60. The summed E-state index contributed by atoms with van der Waals surface area (Å²) in [5.41, 5.74) is 1.75. The van der Waals surface area contributed by atoms with E-state index in [1.165, 1.54) is 6.33 Å². The number of hydrogen-bond donors (Lipinski definition) is 3. The van der Waals surface area contributed by atoms with Crippen molar-refractivity contribution in [1.29, 1.82) is 0 Å². The van der Waals surface area contributed by atoms with E-state index in [0.717, 1.165) is 17.7 Å². The maximum absolute atomic E-state index is 12.0. The first-order valence-corrected chi connectivity index (χ1v) is 7.51. The van der Waals surface area contributed by atoms with E-state index in [1.807, 2.05) is 36.4 Å². The van der Waals surface area contributed by atoms with Gasteiger partial charge in [-0.05, 0) is 24.1 Å². The molecule has 1 aromatic heterocycles. The number of aromatic nitrogens is 3. The number of hydrogen-bond acceptors (Lipinski definition) is 4. The zero-order valence-corrected chi connectivity index (χ0v) is 12.6. The number of urea groups is 1. The van der Waals surface area contributed by atoms with Crippen LogP contribution in [-0.4, -0.2) is 38.6 Å². The Morgan fingerprint density at radius 1 is 1.39 bits per heavy atom. The zero-order valence-electron chi connectivity index (χ0n) is 12.6. The predicted octanol–water partition coefficient (Wildman–Crippen LogP) is 1.38. The molecule has 0 fully saturated rings. The van der Waals surface area contributed by atoms with Crippen LogP contribution in [0.15, 0.2) is 49.1 Å². The molecule has 2 aromatic rings. The molecule has 0 saturated carbocycles. The van der Waals surface area contributed by atoms with Crippen LogP contribution in [0, 0.1) is 5.92 Å². The van der Waals surface area contributed by atoms with E-state index < -0.39 is 0 Å². The van der Waals surface area contributed by atoms with Gasteiger partial charge in [0.15, 0.2) is 0 Å². The average Bonchev–Trinajstić information content (AvgIpc) is 3.19. The summed E-state index contributed by atoms with van der Waals surface area (Å²) in [6.45, 7) is 0.710. The molecule has 0 aliphatic heterocycles. The Balaban J connectivity index is 1.55. The minimum atomic E-state index is -0.254. The van der Waals surface area contributed by atoms with Gasteiger partial charge in [0.25, 0.3) is 0 Å². The fraction of sp³-hybridized carbons (Fsp3) is 0.312. The number of rotatable bonds is 5. The predicted molar refractivity (Wildman–Crippen MR) is 85.8 cm³/mol. The van der Waals surface area contributed by atoms with Crippen LogP contribution in [0.25, 0.3) is 0 Å². The molecule has 3 N–H and O–H groups in total. The second kappa shape index (κ2) is 7.06. The third-order valence-corrected chi connectivity index (χ3v) is 3.72. The van der Waals surface area contributed by atoms with Gasteiger partial charge in [-0.1, -0.05) is 24.3 Å². The van der Waals surface area contributed by atoms with Crippen molar-refractivity contribution in [3.63, 3.8) is 0 Å². The number of nitrogens with zero attached hydrogens (tertiary/aromatic N) is 3. The molecule has 1 aliphatic rings. The number of aliphatic hydroxyl groups is 1. The van der Waals surface area contributed by atoms with Crippen molar-refractivity contribution < 1.29 is 9.90 Å². The van der Waals surface area contributed by atoms with Gasteiger partial charge in [-0.25, -0.2) is 14.5 Å². The third-order valence-electron chi connectivity index (χ3n) is 3.72. The van der Waals surface area contributed by atoms with Crippen molar-refractivity contribution in [3.8, 4) is 0 Å². The van der Waals surface area contributed by atoms with Crippen molar-refractivity contribution in [2.24, 2.45) is 5.92 Å². The van der Waals surface area contributed by atoms with Crippen LogP contribution in [0.3, 0.4) is 0 Å². The summed E-state index contributed by atoms with van der Waals surface area (Å²) in [4.78, 5) is 16.0. The summed E-state index contributed by atoms with van der Waals surface area (Å²) in [5.74, 6) is 0.131. The Bertz CT molecular complexity index is 684. The van der Waals surface area contributed by atoms with Gasteiger partial charge in [0.1, 0.15) is 12.7 Å². The molecule has 0 radical (unpaired) electrons. The average molecular weight is 313 g/mol. The van der Waals surface area contributed by atoms with Crippen molar-refractivity contribution in [1.82, 2.24) is 20.1 Å². The fourth-order valence-corrected chi connectivity index (χ4v) is 2.60. The number of nitrogens with one attached hydrogen (secondary N) is 2. The van der Waals surface area contributed by atoms with Crippen molar-refractivity contribution in [2.45, 2.75) is 19.0 Å². The van der Waals surface area contributed by atoms with Crippen LogP contribution >= 0.6 is 0 Å². The van der Waals surface area contributed by atoms with E-state index in [4.69, 9.17) is 5.11 Å². The zero-order chi connectivity index (χ0) is 16.1. The molecule has 23 heavy (non-hydrogen) atoms. The Hall–Kier alpha value is -2.67. The molecule has 1 aliphatic carbocycles. The third kappa shape index (κ3) is 4.17. The molecule has 7 heteroatoms. The number of carbonyl (C=O) groups excluding carboxylic acids is 1. The van der Waals surface area contributed by atoms with Crippen LogP contribution in [0.4, 0.5) is 10.5 Å². The molecule has 1 heterocycles. The minimum absolute atomic E-state index is 0.0366. The summed E-state index contributed by atoms with van der Waals surface area (Å²) in [6, 6.07) is 7.31. The second-order valence-electron chi connectivity index (χ2n) is 5.56. The summed E-state index contributed by atoms with van der Waals surface area (Å²) < 4.78 is 1.72. The highest BCUT2D eigenvalue weighted by Gasteiger charge is 2.19. The van der Waals surface area contributed by atoms with Crippen molar-refractivity contribution >= 4 is 11.7 Å². The van der Waals surface area contributed by atoms with Crippen LogP contribution in [0.5, 0.6) is 0 Å². The lowest BCUT2D eigenvalue weighted by Crippen LogP contribution is -2.36. The van der Waals surface area contributed by atoms with Gasteiger partial charge >= 0.3 is 6.03 Å². The van der Waals surface area contributed by atoms with Gasteiger partial charge in [0, 0.05) is 24.3 Å². The van der Waals surface area contributed by atoms with Gasteiger partial charge in [0.2, 0.25) is 0 Å². The van der Waals surface area contributed by atoms with Crippen LogP contribution in [0.1, 0.15) is 12.0 Å². The smallest absolute Gasteiger partial charge is 0.319 e.